The molecule has 2 nitrogen and oxygen atoms in total. The summed E-state index contributed by atoms with van der Waals surface area (Å²) >= 11 is 4.60. The molecule has 0 spiro atoms. The zero-order valence-corrected chi connectivity index (χ0v) is 12.4. The van der Waals surface area contributed by atoms with Crippen LogP contribution in [-0.2, 0) is 16.3 Å². The number of sulfone groups is 1. The average molecular weight is 292 g/mol. The van der Waals surface area contributed by atoms with Gasteiger partial charge in [-0.05, 0) is 29.7 Å². The molecule has 1 atom stereocenters. The molecule has 0 aromatic heterocycles. The Hall–Kier alpha value is -1.26. The molecular weight excluding hydrogens is 276 g/mol. The van der Waals surface area contributed by atoms with Crippen LogP contribution in [0.3, 0.4) is 0 Å². The minimum absolute atomic E-state index is 0.116. The van der Waals surface area contributed by atoms with Crippen molar-refractivity contribution in [3.63, 3.8) is 0 Å². The predicted molar refractivity (Wildman–Crippen MR) is 81.4 cm³/mol. The fourth-order valence-electron chi connectivity index (χ4n) is 1.89. The zero-order chi connectivity index (χ0) is 13.9. The number of hydrogen-bond acceptors (Lipinski definition) is 3. The van der Waals surface area contributed by atoms with Crippen molar-refractivity contribution in [2.45, 2.75) is 16.6 Å². The quantitative estimate of drug-likeness (QED) is 0.877. The second-order valence-electron chi connectivity index (χ2n) is 4.55. The van der Waals surface area contributed by atoms with Crippen molar-refractivity contribution in [2.75, 3.05) is 6.26 Å². The monoisotopic (exact) mass is 292 g/mol. The molecule has 0 radical (unpaired) electrons. The van der Waals surface area contributed by atoms with Gasteiger partial charge in [0.25, 0.3) is 0 Å². The predicted octanol–water partition coefficient (Wildman–Crippen LogP) is 3.30. The SMILES string of the molecule is CS(=O)(=O)c1ccc(CC(S)c2ccccc2)cc1. The smallest absolute Gasteiger partial charge is 0.175 e. The van der Waals surface area contributed by atoms with E-state index in [9.17, 15) is 8.42 Å². The first kappa shape index (κ1) is 14.2. The van der Waals surface area contributed by atoms with Crippen molar-refractivity contribution in [1.29, 1.82) is 0 Å². The van der Waals surface area contributed by atoms with Gasteiger partial charge < -0.3 is 0 Å². The van der Waals surface area contributed by atoms with E-state index in [-0.39, 0.29) is 5.25 Å². The summed E-state index contributed by atoms with van der Waals surface area (Å²) in [5.74, 6) is 0. The van der Waals surface area contributed by atoms with E-state index in [1.54, 1.807) is 12.1 Å². The van der Waals surface area contributed by atoms with E-state index in [0.29, 0.717) is 4.90 Å². The molecule has 0 fully saturated rings. The van der Waals surface area contributed by atoms with Gasteiger partial charge in [-0.2, -0.15) is 12.6 Å². The lowest BCUT2D eigenvalue weighted by Gasteiger charge is -2.11. The molecule has 2 aromatic carbocycles. The summed E-state index contributed by atoms with van der Waals surface area (Å²) in [5.41, 5.74) is 2.24. The molecule has 0 aliphatic rings. The van der Waals surface area contributed by atoms with E-state index in [1.165, 1.54) is 6.26 Å². The van der Waals surface area contributed by atoms with Gasteiger partial charge in [-0.25, -0.2) is 8.42 Å². The minimum Gasteiger partial charge on any atom is -0.224 e. The molecule has 0 saturated carbocycles. The van der Waals surface area contributed by atoms with E-state index in [4.69, 9.17) is 0 Å². The number of benzene rings is 2. The second-order valence-corrected chi connectivity index (χ2v) is 7.19. The second kappa shape index (κ2) is 5.80. The highest BCUT2D eigenvalue weighted by atomic mass is 32.2. The standard InChI is InChI=1S/C15H16O2S2/c1-19(16,17)14-9-7-12(8-10-14)11-15(18)13-5-3-2-4-6-13/h2-10,15,18H,11H2,1H3. The van der Waals surface area contributed by atoms with Crippen LogP contribution in [0.15, 0.2) is 59.5 Å². The molecule has 0 aliphatic heterocycles. The summed E-state index contributed by atoms with van der Waals surface area (Å²) < 4.78 is 22.7. The lowest BCUT2D eigenvalue weighted by molar-refractivity contribution is 0.602. The van der Waals surface area contributed by atoms with Gasteiger partial charge in [0, 0.05) is 11.5 Å². The lowest BCUT2D eigenvalue weighted by atomic mass is 10.0. The largest absolute Gasteiger partial charge is 0.224 e. The molecule has 0 saturated heterocycles. The van der Waals surface area contributed by atoms with Crippen molar-refractivity contribution < 1.29 is 8.42 Å². The molecule has 4 heteroatoms. The Morgan fingerprint density at radius 1 is 1.00 bits per heavy atom. The Morgan fingerprint density at radius 3 is 2.11 bits per heavy atom. The van der Waals surface area contributed by atoms with E-state index >= 15 is 0 Å². The van der Waals surface area contributed by atoms with Gasteiger partial charge in [-0.1, -0.05) is 42.5 Å². The molecular formula is C15H16O2S2. The summed E-state index contributed by atoms with van der Waals surface area (Å²) in [7, 11) is -3.12. The van der Waals surface area contributed by atoms with Gasteiger partial charge in [0.15, 0.2) is 9.84 Å². The third-order valence-electron chi connectivity index (χ3n) is 2.96. The highest BCUT2D eigenvalue weighted by molar-refractivity contribution is 7.90. The van der Waals surface area contributed by atoms with Crippen LogP contribution < -0.4 is 0 Å². The van der Waals surface area contributed by atoms with Gasteiger partial charge in [0.1, 0.15) is 0 Å². The minimum atomic E-state index is -3.12. The summed E-state index contributed by atoms with van der Waals surface area (Å²) in [6.45, 7) is 0. The Balaban J connectivity index is 2.12. The highest BCUT2D eigenvalue weighted by Crippen LogP contribution is 2.24. The van der Waals surface area contributed by atoms with Gasteiger partial charge in [0.05, 0.1) is 4.90 Å². The zero-order valence-electron chi connectivity index (χ0n) is 10.7. The Bertz CT molecular complexity index is 632. The lowest BCUT2D eigenvalue weighted by Crippen LogP contribution is -1.99. The number of thiol groups is 1. The van der Waals surface area contributed by atoms with Crippen molar-refractivity contribution in [2.24, 2.45) is 0 Å². The molecule has 0 heterocycles. The maximum absolute atomic E-state index is 11.4. The maximum atomic E-state index is 11.4. The molecule has 0 N–H and O–H groups in total. The van der Waals surface area contributed by atoms with Crippen LogP contribution in [-0.4, -0.2) is 14.7 Å². The fourth-order valence-corrected chi connectivity index (χ4v) is 2.90. The number of rotatable bonds is 4. The average Bonchev–Trinajstić information content (AvgIpc) is 2.39. The fraction of sp³-hybridized carbons (Fsp3) is 0.200. The van der Waals surface area contributed by atoms with Crippen molar-refractivity contribution in [3.8, 4) is 0 Å². The molecule has 19 heavy (non-hydrogen) atoms. The number of hydrogen-bond donors (Lipinski definition) is 1. The molecule has 0 aliphatic carbocycles. The maximum Gasteiger partial charge on any atom is 0.175 e. The molecule has 2 rings (SSSR count). The Kier molecular flexibility index (Phi) is 4.32. The van der Waals surface area contributed by atoms with E-state index in [0.717, 1.165) is 17.5 Å². The summed E-state index contributed by atoms with van der Waals surface area (Å²) in [6.07, 6.45) is 1.99. The third kappa shape index (κ3) is 3.85. The van der Waals surface area contributed by atoms with Crippen molar-refractivity contribution in [1.82, 2.24) is 0 Å². The van der Waals surface area contributed by atoms with Crippen LogP contribution in [0.5, 0.6) is 0 Å². The van der Waals surface area contributed by atoms with Crippen LogP contribution in [0.1, 0.15) is 16.4 Å². The van der Waals surface area contributed by atoms with Crippen LogP contribution in [0.25, 0.3) is 0 Å². The van der Waals surface area contributed by atoms with Crippen molar-refractivity contribution in [3.05, 3.63) is 65.7 Å². The van der Waals surface area contributed by atoms with Gasteiger partial charge in [-0.15, -0.1) is 0 Å². The highest BCUT2D eigenvalue weighted by Gasteiger charge is 2.09. The van der Waals surface area contributed by atoms with Gasteiger partial charge >= 0.3 is 0 Å². The third-order valence-corrected chi connectivity index (χ3v) is 4.57. The molecule has 2 aromatic rings. The van der Waals surface area contributed by atoms with Crippen LogP contribution in [0.2, 0.25) is 0 Å². The topological polar surface area (TPSA) is 34.1 Å². The van der Waals surface area contributed by atoms with Crippen molar-refractivity contribution >= 4 is 22.5 Å². The summed E-state index contributed by atoms with van der Waals surface area (Å²) in [5, 5.41) is 0.116. The summed E-state index contributed by atoms with van der Waals surface area (Å²) in [6, 6.07) is 17.0. The van der Waals surface area contributed by atoms with Gasteiger partial charge in [-0.3, -0.25) is 0 Å². The Labute approximate surface area is 119 Å². The van der Waals surface area contributed by atoms with Gasteiger partial charge in [0.2, 0.25) is 0 Å². The first-order chi connectivity index (χ1) is 8.97. The van der Waals surface area contributed by atoms with E-state index in [2.05, 4.69) is 12.6 Å². The van der Waals surface area contributed by atoms with E-state index in [1.807, 2.05) is 42.5 Å². The molecule has 0 amide bonds. The van der Waals surface area contributed by atoms with E-state index < -0.39 is 9.84 Å². The molecule has 0 bridgehead atoms. The first-order valence-electron chi connectivity index (χ1n) is 5.99. The van der Waals surface area contributed by atoms with Crippen LogP contribution in [0, 0.1) is 0 Å². The normalized spacial score (nSPS) is 13.2. The Morgan fingerprint density at radius 2 is 1.58 bits per heavy atom. The first-order valence-corrected chi connectivity index (χ1v) is 8.39. The molecule has 1 unspecified atom stereocenters. The molecule has 100 valence electrons. The van der Waals surface area contributed by atoms with Crippen LogP contribution >= 0.6 is 12.6 Å². The van der Waals surface area contributed by atoms with Crippen LogP contribution in [0.4, 0.5) is 0 Å². The summed E-state index contributed by atoms with van der Waals surface area (Å²) in [4.78, 5) is 0.353.